The molecule has 1 aliphatic heterocycles. The third kappa shape index (κ3) is 4.96. The van der Waals surface area contributed by atoms with Crippen molar-refractivity contribution < 1.29 is 19.4 Å². The van der Waals surface area contributed by atoms with E-state index in [1.54, 1.807) is 18.2 Å². The Morgan fingerprint density at radius 2 is 2.36 bits per heavy atom. The lowest BCUT2D eigenvalue weighted by atomic mass is 10.2. The summed E-state index contributed by atoms with van der Waals surface area (Å²) in [5.74, 6) is 1.08. The van der Waals surface area contributed by atoms with Crippen molar-refractivity contribution in [2.75, 3.05) is 26.4 Å². The van der Waals surface area contributed by atoms with Crippen LogP contribution in [0.1, 0.15) is 24.2 Å². The van der Waals surface area contributed by atoms with Crippen molar-refractivity contribution >= 4 is 12.5 Å². The summed E-state index contributed by atoms with van der Waals surface area (Å²) in [7, 11) is 0. The van der Waals surface area contributed by atoms with Gasteiger partial charge in [-0.3, -0.25) is 4.79 Å². The average Bonchev–Trinajstić information content (AvgIpc) is 2.59. The van der Waals surface area contributed by atoms with E-state index in [4.69, 9.17) is 14.9 Å². The van der Waals surface area contributed by atoms with Crippen LogP contribution in [-0.2, 0) is 4.74 Å². The molecule has 1 fully saturated rings. The molecule has 1 aliphatic rings. The zero-order valence-corrected chi connectivity index (χ0v) is 14.6. The third-order valence-corrected chi connectivity index (χ3v) is 3.81. The van der Waals surface area contributed by atoms with Gasteiger partial charge < -0.3 is 30.2 Å². The maximum atomic E-state index is 11.2. The minimum absolute atomic E-state index is 0.0759. The lowest BCUT2D eigenvalue weighted by Gasteiger charge is -2.39. The second-order valence-electron chi connectivity index (χ2n) is 6.06. The minimum Gasteiger partial charge on any atom is -0.507 e. The topological polar surface area (TPSA) is 94.9 Å². The van der Waals surface area contributed by atoms with Crippen LogP contribution < -0.4 is 10.1 Å². The SMILES string of the molecule is CC(C)N/C(=C\C=N)N1CCOC[C@H]1COc1cccc(O)c1C=O. The van der Waals surface area contributed by atoms with Crippen molar-refractivity contribution in [2.45, 2.75) is 25.9 Å². The summed E-state index contributed by atoms with van der Waals surface area (Å²) in [6, 6.07) is 4.88. The predicted octanol–water partition coefficient (Wildman–Crippen LogP) is 1.77. The van der Waals surface area contributed by atoms with E-state index in [2.05, 4.69) is 10.2 Å². The number of hydrogen-bond donors (Lipinski definition) is 3. The van der Waals surface area contributed by atoms with Gasteiger partial charge in [0.15, 0.2) is 6.29 Å². The number of hydrogen-bond acceptors (Lipinski definition) is 7. The highest BCUT2D eigenvalue weighted by Gasteiger charge is 2.26. The quantitative estimate of drug-likeness (QED) is 0.490. The van der Waals surface area contributed by atoms with Crippen molar-refractivity contribution in [2.24, 2.45) is 0 Å². The van der Waals surface area contributed by atoms with Crippen LogP contribution in [-0.4, -0.2) is 61.0 Å². The lowest BCUT2D eigenvalue weighted by molar-refractivity contribution is -0.0106. The highest BCUT2D eigenvalue weighted by Crippen LogP contribution is 2.26. The van der Waals surface area contributed by atoms with Gasteiger partial charge in [0, 0.05) is 18.8 Å². The van der Waals surface area contributed by atoms with E-state index in [1.807, 2.05) is 13.8 Å². The molecule has 0 bridgehead atoms. The van der Waals surface area contributed by atoms with E-state index >= 15 is 0 Å². The normalized spacial score (nSPS) is 18.1. The van der Waals surface area contributed by atoms with Gasteiger partial charge in [0.1, 0.15) is 23.9 Å². The highest BCUT2D eigenvalue weighted by atomic mass is 16.5. The van der Waals surface area contributed by atoms with E-state index in [1.165, 1.54) is 12.3 Å². The second kappa shape index (κ2) is 9.08. The maximum absolute atomic E-state index is 11.2. The fraction of sp³-hybridized carbons (Fsp3) is 0.444. The van der Waals surface area contributed by atoms with Crippen LogP contribution in [0.2, 0.25) is 0 Å². The summed E-state index contributed by atoms with van der Waals surface area (Å²) in [4.78, 5) is 13.3. The molecule has 136 valence electrons. The minimum atomic E-state index is -0.102. The molecule has 0 unspecified atom stereocenters. The number of rotatable bonds is 8. The van der Waals surface area contributed by atoms with Gasteiger partial charge in [0.2, 0.25) is 0 Å². The number of carbonyl (C=O) groups is 1. The molecule has 0 aliphatic carbocycles. The van der Waals surface area contributed by atoms with Crippen molar-refractivity contribution in [3.8, 4) is 11.5 Å². The van der Waals surface area contributed by atoms with Crippen LogP contribution in [0.5, 0.6) is 11.5 Å². The molecule has 2 rings (SSSR count). The Kier molecular flexibility index (Phi) is 6.82. The first-order valence-corrected chi connectivity index (χ1v) is 8.28. The zero-order chi connectivity index (χ0) is 18.2. The van der Waals surface area contributed by atoms with Crippen LogP contribution >= 0.6 is 0 Å². The Bertz CT molecular complexity index is 631. The van der Waals surface area contributed by atoms with E-state index in [-0.39, 0.29) is 23.4 Å². The van der Waals surface area contributed by atoms with E-state index < -0.39 is 0 Å². The molecule has 0 aromatic heterocycles. The summed E-state index contributed by atoms with van der Waals surface area (Å²) in [6.07, 6.45) is 3.54. The van der Waals surface area contributed by atoms with Gasteiger partial charge in [0.25, 0.3) is 0 Å². The number of phenolic OH excluding ortho intramolecular Hbond substituents is 1. The molecule has 0 amide bonds. The molecular formula is C18H25N3O4. The Labute approximate surface area is 147 Å². The molecular weight excluding hydrogens is 322 g/mol. The Morgan fingerprint density at radius 1 is 1.56 bits per heavy atom. The van der Waals surface area contributed by atoms with E-state index in [9.17, 15) is 9.90 Å². The fourth-order valence-corrected chi connectivity index (χ4v) is 2.67. The summed E-state index contributed by atoms with van der Waals surface area (Å²) in [6.45, 7) is 6.11. The molecule has 1 heterocycles. The molecule has 0 radical (unpaired) electrons. The number of aromatic hydroxyl groups is 1. The molecule has 0 saturated carbocycles. The van der Waals surface area contributed by atoms with Crippen molar-refractivity contribution in [3.05, 3.63) is 35.7 Å². The van der Waals surface area contributed by atoms with Crippen LogP contribution in [0.15, 0.2) is 30.1 Å². The van der Waals surface area contributed by atoms with Crippen LogP contribution in [0.3, 0.4) is 0 Å². The molecule has 3 N–H and O–H groups in total. The van der Waals surface area contributed by atoms with Gasteiger partial charge >= 0.3 is 0 Å². The maximum Gasteiger partial charge on any atom is 0.157 e. The smallest absolute Gasteiger partial charge is 0.157 e. The van der Waals surface area contributed by atoms with Crippen LogP contribution in [0.4, 0.5) is 0 Å². The van der Waals surface area contributed by atoms with Gasteiger partial charge in [0.05, 0.1) is 24.8 Å². The number of morpholine rings is 1. The second-order valence-corrected chi connectivity index (χ2v) is 6.06. The predicted molar refractivity (Wildman–Crippen MR) is 95.4 cm³/mol. The average molecular weight is 347 g/mol. The number of nitrogens with zero attached hydrogens (tertiary/aromatic N) is 1. The third-order valence-electron chi connectivity index (χ3n) is 3.81. The Hall–Kier alpha value is -2.54. The van der Waals surface area contributed by atoms with Crippen molar-refractivity contribution in [1.82, 2.24) is 10.2 Å². The van der Waals surface area contributed by atoms with Gasteiger partial charge in [-0.05, 0) is 32.1 Å². The first-order chi connectivity index (χ1) is 12.1. The number of carbonyl (C=O) groups excluding carboxylic acids is 1. The Balaban J connectivity index is 2.13. The first kappa shape index (κ1) is 18.8. The molecule has 0 spiro atoms. The largest absolute Gasteiger partial charge is 0.507 e. The van der Waals surface area contributed by atoms with Gasteiger partial charge in [-0.2, -0.15) is 0 Å². The number of phenols is 1. The van der Waals surface area contributed by atoms with E-state index in [0.717, 1.165) is 5.82 Å². The highest BCUT2D eigenvalue weighted by molar-refractivity contribution is 5.83. The molecule has 1 atom stereocenters. The molecule has 7 heteroatoms. The summed E-state index contributed by atoms with van der Waals surface area (Å²) in [5.41, 5.74) is 0.140. The zero-order valence-electron chi connectivity index (χ0n) is 14.6. The first-order valence-electron chi connectivity index (χ1n) is 8.28. The number of aldehydes is 1. The number of ether oxygens (including phenoxy) is 2. The van der Waals surface area contributed by atoms with Crippen LogP contribution in [0.25, 0.3) is 0 Å². The molecule has 25 heavy (non-hydrogen) atoms. The number of benzene rings is 1. The fourth-order valence-electron chi connectivity index (χ4n) is 2.67. The molecule has 1 saturated heterocycles. The van der Waals surface area contributed by atoms with Gasteiger partial charge in [-0.15, -0.1) is 0 Å². The van der Waals surface area contributed by atoms with Gasteiger partial charge in [-0.1, -0.05) is 6.07 Å². The molecule has 1 aromatic carbocycles. The molecule has 7 nitrogen and oxygen atoms in total. The summed E-state index contributed by atoms with van der Waals surface area (Å²) in [5, 5.41) is 20.5. The number of nitrogens with one attached hydrogen (secondary N) is 2. The van der Waals surface area contributed by atoms with Crippen LogP contribution in [0, 0.1) is 5.41 Å². The Morgan fingerprint density at radius 3 is 3.04 bits per heavy atom. The lowest BCUT2D eigenvalue weighted by Crippen LogP contribution is -2.51. The van der Waals surface area contributed by atoms with E-state index in [0.29, 0.717) is 38.4 Å². The van der Waals surface area contributed by atoms with Crippen molar-refractivity contribution in [1.29, 1.82) is 5.41 Å². The van der Waals surface area contributed by atoms with Crippen molar-refractivity contribution in [3.63, 3.8) is 0 Å². The summed E-state index contributed by atoms with van der Waals surface area (Å²) >= 11 is 0. The summed E-state index contributed by atoms with van der Waals surface area (Å²) < 4.78 is 11.3. The van der Waals surface area contributed by atoms with Gasteiger partial charge in [-0.25, -0.2) is 0 Å². The molecule has 1 aromatic rings. The number of allylic oxidation sites excluding steroid dienone is 1. The standard InChI is InChI=1S/C18H25N3O4/c1-13(2)20-18(6-7-19)21-8-9-24-11-14(21)12-25-17-5-3-4-16(23)15(17)10-22/h3-7,10,13-14,19-20,23H,8-9,11-12H2,1-2H3/b18-6+,19-7?/t14-/m0/s1. The monoisotopic (exact) mass is 347 g/mol.